The second kappa shape index (κ2) is 7.66. The Balaban J connectivity index is 1.99. The summed E-state index contributed by atoms with van der Waals surface area (Å²) >= 11 is 0. The number of hydrogen-bond acceptors (Lipinski definition) is 4. The second-order valence-electron chi connectivity index (χ2n) is 6.06. The Hall–Kier alpha value is -1.26. The molecule has 2 rings (SSSR count). The maximum atomic E-state index is 5.84. The van der Waals surface area contributed by atoms with Crippen LogP contribution in [0.3, 0.4) is 0 Å². The van der Waals surface area contributed by atoms with Crippen LogP contribution in [0.1, 0.15) is 25.8 Å². The molecular weight excluding hydrogens is 264 g/mol. The van der Waals surface area contributed by atoms with Crippen LogP contribution >= 0.6 is 0 Å². The Labute approximate surface area is 128 Å². The van der Waals surface area contributed by atoms with E-state index in [9.17, 15) is 0 Å². The Morgan fingerprint density at radius 1 is 1.33 bits per heavy atom. The van der Waals surface area contributed by atoms with Crippen molar-refractivity contribution < 1.29 is 9.47 Å². The molecule has 1 N–H and O–H groups in total. The highest BCUT2D eigenvalue weighted by molar-refractivity contribution is 5.58. The number of anilines is 1. The van der Waals surface area contributed by atoms with Gasteiger partial charge in [0.25, 0.3) is 0 Å². The van der Waals surface area contributed by atoms with Crippen molar-refractivity contribution in [2.24, 2.45) is 0 Å². The van der Waals surface area contributed by atoms with Crippen molar-refractivity contribution in [1.29, 1.82) is 0 Å². The maximum Gasteiger partial charge on any atom is 0.142 e. The summed E-state index contributed by atoms with van der Waals surface area (Å²) in [6, 6.07) is 7.45. The van der Waals surface area contributed by atoms with Crippen LogP contribution in [0, 0.1) is 6.92 Å². The molecule has 21 heavy (non-hydrogen) atoms. The minimum absolute atomic E-state index is 0.500. The Morgan fingerprint density at radius 3 is 2.81 bits per heavy atom. The number of nitrogens with zero attached hydrogens (tertiary/aromatic N) is 1. The Morgan fingerprint density at radius 2 is 2.14 bits per heavy atom. The van der Waals surface area contributed by atoms with Crippen LogP contribution in [-0.4, -0.2) is 50.4 Å². The van der Waals surface area contributed by atoms with E-state index in [-0.39, 0.29) is 0 Å². The lowest BCUT2D eigenvalue weighted by molar-refractivity contribution is 0.146. The van der Waals surface area contributed by atoms with Gasteiger partial charge in [0.1, 0.15) is 12.4 Å². The average Bonchev–Trinajstić information content (AvgIpc) is 2.91. The first-order valence-electron chi connectivity index (χ1n) is 7.83. The van der Waals surface area contributed by atoms with Gasteiger partial charge >= 0.3 is 0 Å². The van der Waals surface area contributed by atoms with Gasteiger partial charge < -0.3 is 14.8 Å². The molecule has 0 bridgehead atoms. The summed E-state index contributed by atoms with van der Waals surface area (Å²) in [4.78, 5) is 2.51. The van der Waals surface area contributed by atoms with Crippen molar-refractivity contribution in [3.05, 3.63) is 23.8 Å². The molecule has 0 saturated carbocycles. The Bertz CT molecular complexity index is 448. The van der Waals surface area contributed by atoms with Gasteiger partial charge in [-0.3, -0.25) is 4.90 Å². The zero-order valence-electron chi connectivity index (χ0n) is 13.7. The van der Waals surface area contributed by atoms with Crippen LogP contribution in [0.25, 0.3) is 0 Å². The van der Waals surface area contributed by atoms with Gasteiger partial charge in [-0.15, -0.1) is 0 Å². The summed E-state index contributed by atoms with van der Waals surface area (Å²) in [7, 11) is 1.69. The van der Waals surface area contributed by atoms with E-state index in [1.165, 1.54) is 18.5 Å². The van der Waals surface area contributed by atoms with E-state index in [2.05, 4.69) is 49.2 Å². The molecule has 0 amide bonds. The molecular formula is C17H28N2O2. The van der Waals surface area contributed by atoms with Crippen molar-refractivity contribution in [1.82, 2.24) is 4.90 Å². The summed E-state index contributed by atoms with van der Waals surface area (Å²) < 4.78 is 10.9. The number of rotatable bonds is 7. The van der Waals surface area contributed by atoms with Gasteiger partial charge in [0.15, 0.2) is 0 Å². The third kappa shape index (κ3) is 4.61. The zero-order valence-corrected chi connectivity index (χ0v) is 13.7. The summed E-state index contributed by atoms with van der Waals surface area (Å²) in [5, 5.41) is 3.64. The highest BCUT2D eigenvalue weighted by Gasteiger charge is 2.24. The topological polar surface area (TPSA) is 33.7 Å². The first-order valence-corrected chi connectivity index (χ1v) is 7.83. The van der Waals surface area contributed by atoms with Gasteiger partial charge in [0.05, 0.1) is 12.3 Å². The monoisotopic (exact) mass is 292 g/mol. The molecule has 1 aliphatic rings. The SMILES string of the molecule is COCCOc1cc(C)ccc1NC1CCN(C(C)C)C1. The van der Waals surface area contributed by atoms with Gasteiger partial charge in [0, 0.05) is 32.3 Å². The summed E-state index contributed by atoms with van der Waals surface area (Å²) in [6.07, 6.45) is 1.18. The number of benzene rings is 1. The summed E-state index contributed by atoms with van der Waals surface area (Å²) in [5.41, 5.74) is 2.30. The molecule has 1 aliphatic heterocycles. The van der Waals surface area contributed by atoms with Crippen LogP contribution in [0.15, 0.2) is 18.2 Å². The van der Waals surface area contributed by atoms with Gasteiger partial charge in [-0.25, -0.2) is 0 Å². The number of likely N-dealkylation sites (tertiary alicyclic amines) is 1. The quantitative estimate of drug-likeness (QED) is 0.784. The normalized spacial score (nSPS) is 19.2. The summed E-state index contributed by atoms with van der Waals surface area (Å²) in [6.45, 7) is 10.1. The van der Waals surface area contributed by atoms with Crippen molar-refractivity contribution >= 4 is 5.69 Å². The first kappa shape index (κ1) is 16.1. The van der Waals surface area contributed by atoms with Crippen LogP contribution < -0.4 is 10.1 Å². The molecule has 1 fully saturated rings. The van der Waals surface area contributed by atoms with Crippen molar-refractivity contribution in [2.75, 3.05) is 38.7 Å². The summed E-state index contributed by atoms with van der Waals surface area (Å²) in [5.74, 6) is 0.926. The largest absolute Gasteiger partial charge is 0.489 e. The molecule has 0 aromatic heterocycles. The van der Waals surface area contributed by atoms with Gasteiger partial charge in [-0.2, -0.15) is 0 Å². The molecule has 0 aliphatic carbocycles. The van der Waals surface area contributed by atoms with E-state index >= 15 is 0 Å². The lowest BCUT2D eigenvalue weighted by Gasteiger charge is -2.22. The van der Waals surface area contributed by atoms with E-state index in [1.54, 1.807) is 7.11 Å². The number of methoxy groups -OCH3 is 1. The highest BCUT2D eigenvalue weighted by atomic mass is 16.5. The molecule has 4 heteroatoms. The minimum Gasteiger partial charge on any atom is -0.489 e. The van der Waals surface area contributed by atoms with Crippen LogP contribution in [-0.2, 0) is 4.74 Å². The third-order valence-electron chi connectivity index (χ3n) is 3.99. The molecule has 1 saturated heterocycles. The fraction of sp³-hybridized carbons (Fsp3) is 0.647. The van der Waals surface area contributed by atoms with Crippen molar-refractivity contribution in [2.45, 2.75) is 39.3 Å². The molecule has 1 unspecified atom stereocenters. The van der Waals surface area contributed by atoms with E-state index < -0.39 is 0 Å². The van der Waals surface area contributed by atoms with E-state index in [1.807, 2.05) is 0 Å². The standard InChI is InChI=1S/C17H28N2O2/c1-13(2)19-8-7-15(12-19)18-16-6-5-14(3)11-17(16)21-10-9-20-4/h5-6,11,13,15,18H,7-10,12H2,1-4H3. The third-order valence-corrected chi connectivity index (χ3v) is 3.99. The van der Waals surface area contributed by atoms with Gasteiger partial charge in [0.2, 0.25) is 0 Å². The minimum atomic E-state index is 0.500. The molecule has 1 aromatic rings. The number of nitrogens with one attached hydrogen (secondary N) is 1. The van der Waals surface area contributed by atoms with Crippen molar-refractivity contribution in [3.8, 4) is 5.75 Å². The predicted octanol–water partition coefficient (Wildman–Crippen LogP) is 2.91. The number of aryl methyl sites for hydroxylation is 1. The lowest BCUT2D eigenvalue weighted by atomic mass is 10.2. The predicted molar refractivity (Wildman–Crippen MR) is 87.3 cm³/mol. The molecule has 0 spiro atoms. The fourth-order valence-corrected chi connectivity index (χ4v) is 2.70. The molecule has 1 heterocycles. The molecule has 118 valence electrons. The second-order valence-corrected chi connectivity index (χ2v) is 6.06. The van der Waals surface area contributed by atoms with E-state index in [0.717, 1.165) is 18.0 Å². The van der Waals surface area contributed by atoms with Gasteiger partial charge in [-0.1, -0.05) is 6.07 Å². The maximum absolute atomic E-state index is 5.84. The number of ether oxygens (including phenoxy) is 2. The average molecular weight is 292 g/mol. The number of hydrogen-bond donors (Lipinski definition) is 1. The zero-order chi connectivity index (χ0) is 15.2. The molecule has 1 atom stereocenters. The van der Waals surface area contributed by atoms with Gasteiger partial charge in [-0.05, 0) is 44.9 Å². The first-order chi connectivity index (χ1) is 10.1. The molecule has 4 nitrogen and oxygen atoms in total. The smallest absolute Gasteiger partial charge is 0.142 e. The highest BCUT2D eigenvalue weighted by Crippen LogP contribution is 2.28. The molecule has 0 radical (unpaired) electrons. The van der Waals surface area contributed by atoms with Crippen molar-refractivity contribution in [3.63, 3.8) is 0 Å². The van der Waals surface area contributed by atoms with E-state index in [4.69, 9.17) is 9.47 Å². The van der Waals surface area contributed by atoms with Crippen LogP contribution in [0.2, 0.25) is 0 Å². The lowest BCUT2D eigenvalue weighted by Crippen LogP contribution is -2.31. The van der Waals surface area contributed by atoms with Crippen LogP contribution in [0.4, 0.5) is 5.69 Å². The van der Waals surface area contributed by atoms with E-state index in [0.29, 0.717) is 25.3 Å². The Kier molecular flexibility index (Phi) is 5.88. The molecule has 1 aromatic carbocycles. The fourth-order valence-electron chi connectivity index (χ4n) is 2.70. The van der Waals surface area contributed by atoms with Crippen LogP contribution in [0.5, 0.6) is 5.75 Å².